The molecule has 1 heterocycles. The number of ether oxygens (including phenoxy) is 1. The van der Waals surface area contributed by atoms with Crippen molar-refractivity contribution >= 4 is 11.8 Å². The lowest BCUT2D eigenvalue weighted by Gasteiger charge is -2.41. The first kappa shape index (κ1) is 29.1. The zero-order valence-corrected chi connectivity index (χ0v) is 19.9. The number of nitriles is 1. The first-order chi connectivity index (χ1) is 17.5. The highest BCUT2D eigenvalue weighted by atomic mass is 19.4. The van der Waals surface area contributed by atoms with Crippen molar-refractivity contribution in [1.29, 1.82) is 5.26 Å². The Morgan fingerprint density at radius 3 is 1.95 bits per heavy atom. The highest BCUT2D eigenvalue weighted by molar-refractivity contribution is 5.90. The first-order valence-electron chi connectivity index (χ1n) is 11.4. The molecule has 3 rings (SSSR count). The largest absolute Gasteiger partial charge is 0.449 e. The van der Waals surface area contributed by atoms with Gasteiger partial charge in [0.1, 0.15) is 0 Å². The van der Waals surface area contributed by atoms with E-state index in [-0.39, 0.29) is 36.8 Å². The van der Waals surface area contributed by atoms with E-state index in [9.17, 15) is 49.6 Å². The Morgan fingerprint density at radius 1 is 0.947 bits per heavy atom. The first-order valence-corrected chi connectivity index (χ1v) is 11.4. The SMILES string of the molecule is CCOC(=O)N1c2ccc(C(F)(F)F)cc2[C@H]([C@@H](C#N)c2cc(C(F)(F)F)cc(C(F)(F)F)c2)C[C@H]1CC. The molecule has 13 heteroatoms. The number of nitrogens with zero attached hydrogens (tertiary/aromatic N) is 2. The van der Waals surface area contributed by atoms with Gasteiger partial charge in [0.15, 0.2) is 0 Å². The van der Waals surface area contributed by atoms with E-state index < -0.39 is 64.8 Å². The minimum Gasteiger partial charge on any atom is -0.449 e. The molecule has 1 aliphatic heterocycles. The summed E-state index contributed by atoms with van der Waals surface area (Å²) >= 11 is 0. The molecule has 3 atom stereocenters. The monoisotopic (exact) mass is 552 g/mol. The van der Waals surface area contributed by atoms with Crippen LogP contribution in [0.2, 0.25) is 0 Å². The Morgan fingerprint density at radius 2 is 1.50 bits per heavy atom. The second-order valence-electron chi connectivity index (χ2n) is 8.69. The lowest BCUT2D eigenvalue weighted by Crippen LogP contribution is -2.45. The number of carbonyl (C=O) groups excluding carboxylic acids is 1. The van der Waals surface area contributed by atoms with Gasteiger partial charge in [0.2, 0.25) is 0 Å². The lowest BCUT2D eigenvalue weighted by atomic mass is 9.74. The molecule has 38 heavy (non-hydrogen) atoms. The van der Waals surface area contributed by atoms with Crippen LogP contribution in [0.15, 0.2) is 36.4 Å². The quantitative estimate of drug-likeness (QED) is 0.359. The van der Waals surface area contributed by atoms with Crippen molar-refractivity contribution in [3.63, 3.8) is 0 Å². The van der Waals surface area contributed by atoms with Crippen molar-refractivity contribution in [2.45, 2.75) is 63.1 Å². The molecule has 0 fully saturated rings. The molecule has 0 aliphatic carbocycles. The van der Waals surface area contributed by atoms with Crippen LogP contribution in [0.25, 0.3) is 0 Å². The summed E-state index contributed by atoms with van der Waals surface area (Å²) in [6, 6.07) is 4.02. The van der Waals surface area contributed by atoms with Gasteiger partial charge in [-0.1, -0.05) is 6.92 Å². The lowest BCUT2D eigenvalue weighted by molar-refractivity contribution is -0.143. The number of fused-ring (bicyclic) bond motifs is 1. The number of anilines is 1. The number of hydrogen-bond donors (Lipinski definition) is 0. The van der Waals surface area contributed by atoms with Crippen LogP contribution in [-0.4, -0.2) is 18.7 Å². The van der Waals surface area contributed by atoms with E-state index in [0.29, 0.717) is 24.3 Å². The van der Waals surface area contributed by atoms with E-state index in [1.165, 1.54) is 6.92 Å². The van der Waals surface area contributed by atoms with Gasteiger partial charge in [-0.05, 0) is 67.3 Å². The van der Waals surface area contributed by atoms with Crippen LogP contribution < -0.4 is 4.90 Å². The molecule has 0 saturated carbocycles. The zero-order valence-electron chi connectivity index (χ0n) is 19.9. The van der Waals surface area contributed by atoms with Crippen molar-refractivity contribution in [3.05, 3.63) is 64.2 Å². The Hall–Kier alpha value is -3.43. The number of halogens is 9. The number of rotatable bonds is 4. The molecule has 0 aromatic heterocycles. The third-order valence-electron chi connectivity index (χ3n) is 6.35. The molecule has 0 saturated heterocycles. The topological polar surface area (TPSA) is 53.3 Å². The molecule has 0 N–H and O–H groups in total. The third-order valence-corrected chi connectivity index (χ3v) is 6.35. The molecular formula is C25H21F9N2O2. The minimum atomic E-state index is -5.18. The maximum Gasteiger partial charge on any atom is 0.416 e. The van der Waals surface area contributed by atoms with Crippen molar-refractivity contribution in [2.24, 2.45) is 0 Å². The molecule has 0 radical (unpaired) electrons. The van der Waals surface area contributed by atoms with Crippen LogP contribution in [0.4, 0.5) is 50.0 Å². The van der Waals surface area contributed by atoms with Gasteiger partial charge in [0.05, 0.1) is 41.0 Å². The molecule has 0 spiro atoms. The Kier molecular flexibility index (Phi) is 7.96. The molecule has 1 amide bonds. The average Bonchev–Trinajstić information content (AvgIpc) is 2.82. The summed E-state index contributed by atoms with van der Waals surface area (Å²) in [5, 5.41) is 9.95. The Labute approximate surface area is 211 Å². The van der Waals surface area contributed by atoms with Crippen LogP contribution in [-0.2, 0) is 23.3 Å². The Balaban J connectivity index is 2.28. The smallest absolute Gasteiger partial charge is 0.416 e. The van der Waals surface area contributed by atoms with Gasteiger partial charge >= 0.3 is 24.6 Å². The van der Waals surface area contributed by atoms with Crippen molar-refractivity contribution in [3.8, 4) is 6.07 Å². The summed E-state index contributed by atoms with van der Waals surface area (Å²) in [7, 11) is 0. The summed E-state index contributed by atoms with van der Waals surface area (Å²) in [6.07, 6.45) is -16.1. The fourth-order valence-electron chi connectivity index (χ4n) is 4.63. The van der Waals surface area contributed by atoms with E-state index >= 15 is 0 Å². The van der Waals surface area contributed by atoms with Crippen LogP contribution in [0.5, 0.6) is 0 Å². The second-order valence-corrected chi connectivity index (χ2v) is 8.69. The Bertz CT molecular complexity index is 1200. The predicted octanol–water partition coefficient (Wildman–Crippen LogP) is 8.28. The summed E-state index contributed by atoms with van der Waals surface area (Å²) < 4.78 is 126. The number of amides is 1. The summed E-state index contributed by atoms with van der Waals surface area (Å²) in [5.74, 6) is -2.96. The van der Waals surface area contributed by atoms with E-state index in [1.807, 2.05) is 0 Å². The average molecular weight is 552 g/mol. The molecule has 1 aliphatic rings. The fourth-order valence-corrected chi connectivity index (χ4v) is 4.63. The maximum absolute atomic E-state index is 13.6. The molecule has 4 nitrogen and oxygen atoms in total. The molecule has 206 valence electrons. The fraction of sp³-hybridized carbons (Fsp3) is 0.440. The highest BCUT2D eigenvalue weighted by Crippen LogP contribution is 2.49. The van der Waals surface area contributed by atoms with Gasteiger partial charge in [-0.2, -0.15) is 44.8 Å². The summed E-state index contributed by atoms with van der Waals surface area (Å²) in [6.45, 7) is 3.09. The van der Waals surface area contributed by atoms with Crippen LogP contribution in [0.3, 0.4) is 0 Å². The van der Waals surface area contributed by atoms with Crippen LogP contribution in [0, 0.1) is 11.3 Å². The number of hydrogen-bond acceptors (Lipinski definition) is 3. The van der Waals surface area contributed by atoms with Crippen LogP contribution in [0.1, 0.15) is 66.3 Å². The number of alkyl halides is 9. The summed E-state index contributed by atoms with van der Waals surface area (Å²) in [4.78, 5) is 13.8. The van der Waals surface area contributed by atoms with E-state index in [0.717, 1.165) is 11.0 Å². The molecular weight excluding hydrogens is 531 g/mol. The van der Waals surface area contributed by atoms with Gasteiger partial charge in [-0.3, -0.25) is 4.90 Å². The summed E-state index contributed by atoms with van der Waals surface area (Å²) in [5.41, 5.74) is -5.39. The standard InChI is InChI=1S/C25H21F9N2O2/c1-3-17-11-18(19-10-14(23(26,27)28)5-6-21(19)36(17)22(37)38-4-2)20(12-35)13-7-15(24(29,30)31)9-16(8-13)25(32,33)34/h5-10,17-18,20H,3-4,11H2,1-2H3/t17-,18-,20+/m1/s1. The van der Waals surface area contributed by atoms with E-state index in [4.69, 9.17) is 4.74 Å². The molecule has 0 unspecified atom stereocenters. The van der Waals surface area contributed by atoms with E-state index in [1.54, 1.807) is 13.0 Å². The normalized spacial score (nSPS) is 18.9. The van der Waals surface area contributed by atoms with Crippen molar-refractivity contribution in [2.75, 3.05) is 11.5 Å². The third kappa shape index (κ3) is 5.84. The number of carbonyl (C=O) groups is 1. The minimum absolute atomic E-state index is 0.0591. The van der Waals surface area contributed by atoms with Gasteiger partial charge in [-0.15, -0.1) is 0 Å². The maximum atomic E-state index is 13.6. The van der Waals surface area contributed by atoms with Crippen molar-refractivity contribution < 1.29 is 49.0 Å². The molecule has 0 bridgehead atoms. The van der Waals surface area contributed by atoms with Gasteiger partial charge in [0, 0.05) is 12.0 Å². The van der Waals surface area contributed by atoms with E-state index in [2.05, 4.69) is 0 Å². The van der Waals surface area contributed by atoms with Gasteiger partial charge in [-0.25, -0.2) is 4.79 Å². The second kappa shape index (κ2) is 10.4. The predicted molar refractivity (Wildman–Crippen MR) is 117 cm³/mol. The highest BCUT2D eigenvalue weighted by Gasteiger charge is 2.43. The van der Waals surface area contributed by atoms with Gasteiger partial charge < -0.3 is 4.74 Å². The number of benzene rings is 2. The van der Waals surface area contributed by atoms with Crippen molar-refractivity contribution in [1.82, 2.24) is 0 Å². The molecule has 2 aromatic carbocycles. The van der Waals surface area contributed by atoms with Crippen LogP contribution >= 0.6 is 0 Å². The van der Waals surface area contributed by atoms with Gasteiger partial charge in [0.25, 0.3) is 0 Å². The molecule has 2 aromatic rings. The zero-order chi connectivity index (χ0) is 28.6.